The highest BCUT2D eigenvalue weighted by molar-refractivity contribution is 6.00. The number of carbonyl (C=O) groups is 5. The number of ketones is 2. The Morgan fingerprint density at radius 1 is 0.650 bits per heavy atom. The Hall–Kier alpha value is -6.24. The Bertz CT molecular complexity index is 2110. The highest BCUT2D eigenvalue weighted by Crippen LogP contribution is 2.21. The predicted octanol–water partition coefficient (Wildman–Crippen LogP) is 4.70. The van der Waals surface area contributed by atoms with E-state index in [0.29, 0.717) is 81.9 Å². The molecule has 2 aromatic carbocycles. The van der Waals surface area contributed by atoms with Crippen LogP contribution in [0.15, 0.2) is 84.9 Å². The van der Waals surface area contributed by atoms with Crippen LogP contribution in [0.2, 0.25) is 0 Å². The van der Waals surface area contributed by atoms with Crippen molar-refractivity contribution in [3.8, 4) is 0 Å². The van der Waals surface area contributed by atoms with Gasteiger partial charge in [-0.1, -0.05) is 60.7 Å². The quantitative estimate of drug-likeness (QED) is 0.201. The highest BCUT2D eigenvalue weighted by atomic mass is 19.4. The zero-order chi connectivity index (χ0) is 43.2. The van der Waals surface area contributed by atoms with E-state index >= 15 is 0 Å². The van der Waals surface area contributed by atoms with E-state index in [0.717, 1.165) is 17.0 Å². The molecule has 0 atom stereocenters. The molecule has 60 heavy (non-hydrogen) atoms. The number of aromatic nitrogens is 2. The fourth-order valence-electron chi connectivity index (χ4n) is 6.14. The summed E-state index contributed by atoms with van der Waals surface area (Å²) in [6, 6.07) is 23.9. The third-order valence-corrected chi connectivity index (χ3v) is 9.41. The lowest BCUT2D eigenvalue weighted by atomic mass is 10.1. The summed E-state index contributed by atoms with van der Waals surface area (Å²) >= 11 is 0. The Kier molecular flexibility index (Phi) is 15.8. The van der Waals surface area contributed by atoms with Gasteiger partial charge in [-0.15, -0.1) is 0 Å². The standard InChI is InChI=1S/C22H23F3N4O4.C20H24N4O3/c1-15-3-2-4-19(27-15)29(21(32)28-9-11-33-12-10-28)14-16-5-7-17(8-6-16)18(30)13-26-20(31)22(23,24)25;1-15-3-2-4-19(22-15)24(20(26)23-9-11-27-12-10-23)14-16-5-7-17(8-6-16)18(25)13-21/h2-8H,9-14H2,1H3,(H,26,31);2-8H,9-14,21H2,1H3. The van der Waals surface area contributed by atoms with Crippen molar-refractivity contribution in [2.75, 3.05) is 75.5 Å². The lowest BCUT2D eigenvalue weighted by molar-refractivity contribution is -0.173. The van der Waals surface area contributed by atoms with E-state index in [1.165, 1.54) is 17.0 Å². The molecule has 0 spiro atoms. The monoisotopic (exact) mass is 832 g/mol. The first kappa shape index (κ1) is 44.9. The second-order valence-corrected chi connectivity index (χ2v) is 13.8. The summed E-state index contributed by atoms with van der Waals surface area (Å²) in [5.74, 6) is -1.87. The van der Waals surface area contributed by atoms with Crippen LogP contribution in [0, 0.1) is 13.8 Å². The van der Waals surface area contributed by atoms with Crippen LogP contribution in [0.3, 0.4) is 0 Å². The first-order valence-electron chi connectivity index (χ1n) is 19.2. The lowest BCUT2D eigenvalue weighted by Gasteiger charge is -2.32. The fraction of sp³-hybridized carbons (Fsp3) is 0.357. The van der Waals surface area contributed by atoms with E-state index in [-0.39, 0.29) is 36.5 Å². The minimum Gasteiger partial charge on any atom is -0.378 e. The molecule has 0 radical (unpaired) electrons. The molecule has 4 aromatic rings. The van der Waals surface area contributed by atoms with E-state index in [1.54, 1.807) is 56.4 Å². The van der Waals surface area contributed by atoms with Crippen molar-refractivity contribution in [2.24, 2.45) is 5.73 Å². The zero-order valence-corrected chi connectivity index (χ0v) is 33.3. The van der Waals surface area contributed by atoms with Crippen LogP contribution in [-0.2, 0) is 27.4 Å². The van der Waals surface area contributed by atoms with Gasteiger partial charge in [0, 0.05) is 48.7 Å². The largest absolute Gasteiger partial charge is 0.471 e. The summed E-state index contributed by atoms with van der Waals surface area (Å²) in [5, 5.41) is 1.56. The van der Waals surface area contributed by atoms with Gasteiger partial charge in [0.1, 0.15) is 11.6 Å². The number of amides is 5. The molecule has 2 aliphatic rings. The van der Waals surface area contributed by atoms with Gasteiger partial charge in [0.25, 0.3) is 0 Å². The summed E-state index contributed by atoms with van der Waals surface area (Å²) in [7, 11) is 0. The van der Waals surface area contributed by atoms with Crippen molar-refractivity contribution in [1.29, 1.82) is 0 Å². The summed E-state index contributed by atoms with van der Waals surface area (Å²) in [5.41, 5.74) is 9.31. The third kappa shape index (κ3) is 12.6. The Labute approximate surface area is 345 Å². The van der Waals surface area contributed by atoms with Crippen LogP contribution in [0.4, 0.5) is 34.4 Å². The van der Waals surface area contributed by atoms with E-state index in [9.17, 15) is 37.1 Å². The number of Topliss-reactive ketones (excluding diaryl/α,β-unsaturated/α-hetero) is 2. The number of aryl methyl sites for hydroxylation is 2. The maximum absolute atomic E-state index is 13.2. The highest BCUT2D eigenvalue weighted by Gasteiger charge is 2.38. The SMILES string of the molecule is Cc1cccc(N(Cc2ccc(C(=O)CN)cc2)C(=O)N2CCOCC2)n1.Cc1cccc(N(Cc2ccc(C(=O)CNC(=O)C(F)(F)F)cc2)C(=O)N2CCOCC2)n1. The molecule has 5 amide bonds. The molecular formula is C42H47F3N8O7. The Morgan fingerprint density at radius 2 is 1.05 bits per heavy atom. The number of nitrogens with one attached hydrogen (secondary N) is 1. The van der Waals surface area contributed by atoms with Gasteiger partial charge in [-0.25, -0.2) is 19.6 Å². The van der Waals surface area contributed by atoms with Crippen LogP contribution in [0.1, 0.15) is 43.2 Å². The molecule has 4 heterocycles. The van der Waals surface area contributed by atoms with E-state index < -0.39 is 24.4 Å². The van der Waals surface area contributed by atoms with E-state index in [2.05, 4.69) is 9.97 Å². The molecule has 0 aliphatic carbocycles. The first-order chi connectivity index (χ1) is 28.7. The molecular weight excluding hydrogens is 786 g/mol. The second-order valence-electron chi connectivity index (χ2n) is 13.8. The number of nitrogens with zero attached hydrogens (tertiary/aromatic N) is 6. The number of pyridine rings is 2. The van der Waals surface area contributed by atoms with Gasteiger partial charge in [0.2, 0.25) is 0 Å². The second kappa shape index (κ2) is 21.1. The number of nitrogens with two attached hydrogens (primary N) is 1. The number of rotatable bonds is 11. The maximum atomic E-state index is 13.2. The zero-order valence-electron chi connectivity index (χ0n) is 33.3. The van der Waals surface area contributed by atoms with Crippen molar-refractivity contribution >= 4 is 41.2 Å². The third-order valence-electron chi connectivity index (χ3n) is 9.41. The Morgan fingerprint density at radius 3 is 1.42 bits per heavy atom. The summed E-state index contributed by atoms with van der Waals surface area (Å²) in [4.78, 5) is 76.6. The number of anilines is 2. The average molecular weight is 833 g/mol. The molecule has 3 N–H and O–H groups in total. The van der Waals surface area contributed by atoms with Crippen LogP contribution in [0.25, 0.3) is 0 Å². The Balaban J connectivity index is 0.000000232. The number of urea groups is 2. The summed E-state index contributed by atoms with van der Waals surface area (Å²) in [6.45, 7) is 7.47. The molecule has 15 nitrogen and oxygen atoms in total. The normalized spacial score (nSPS) is 14.0. The van der Waals surface area contributed by atoms with Gasteiger partial charge in [-0.3, -0.25) is 24.2 Å². The van der Waals surface area contributed by atoms with Gasteiger partial charge in [-0.2, -0.15) is 13.2 Å². The van der Waals surface area contributed by atoms with Crippen LogP contribution in [-0.4, -0.2) is 121 Å². The minimum absolute atomic E-state index is 0.0196. The average Bonchev–Trinajstić information content (AvgIpc) is 3.26. The van der Waals surface area contributed by atoms with Crippen molar-refractivity contribution in [3.63, 3.8) is 0 Å². The molecule has 0 unspecified atom stereocenters. The number of hydrogen-bond donors (Lipinski definition) is 2. The van der Waals surface area contributed by atoms with Crippen molar-refractivity contribution < 1.29 is 46.6 Å². The van der Waals surface area contributed by atoms with Gasteiger partial charge in [0.15, 0.2) is 11.6 Å². The molecule has 0 bridgehead atoms. The van der Waals surface area contributed by atoms with Gasteiger partial charge in [0.05, 0.1) is 52.6 Å². The maximum Gasteiger partial charge on any atom is 0.471 e. The van der Waals surface area contributed by atoms with Crippen LogP contribution < -0.4 is 20.9 Å². The van der Waals surface area contributed by atoms with Crippen LogP contribution >= 0.6 is 0 Å². The summed E-state index contributed by atoms with van der Waals surface area (Å²) < 4.78 is 47.5. The summed E-state index contributed by atoms with van der Waals surface area (Å²) in [6.07, 6.45) is -5.05. The molecule has 0 saturated carbocycles. The molecule has 2 fully saturated rings. The molecule has 6 rings (SSSR count). The minimum atomic E-state index is -5.05. The van der Waals surface area contributed by atoms with Crippen LogP contribution in [0.5, 0.6) is 0 Å². The van der Waals surface area contributed by atoms with Crippen molar-refractivity contribution in [3.05, 3.63) is 119 Å². The van der Waals surface area contributed by atoms with Gasteiger partial charge in [-0.05, 0) is 49.2 Å². The van der Waals surface area contributed by atoms with Gasteiger partial charge < -0.3 is 30.3 Å². The number of carbonyl (C=O) groups excluding carboxylic acids is 5. The molecule has 2 saturated heterocycles. The molecule has 2 aliphatic heterocycles. The number of benzene rings is 2. The topological polar surface area (TPSA) is 181 Å². The first-order valence-corrected chi connectivity index (χ1v) is 19.2. The number of alkyl halides is 3. The van der Waals surface area contributed by atoms with E-state index in [4.69, 9.17) is 15.2 Å². The predicted molar refractivity (Wildman–Crippen MR) is 216 cm³/mol. The molecule has 18 heteroatoms. The van der Waals surface area contributed by atoms with E-state index in [1.807, 2.05) is 50.2 Å². The van der Waals surface area contributed by atoms with Gasteiger partial charge >= 0.3 is 24.1 Å². The smallest absolute Gasteiger partial charge is 0.378 e. The number of ether oxygens (including phenoxy) is 2. The number of halogens is 3. The lowest BCUT2D eigenvalue weighted by Crippen LogP contribution is -2.48. The fourth-order valence-corrected chi connectivity index (χ4v) is 6.14. The van der Waals surface area contributed by atoms with Crippen molar-refractivity contribution in [1.82, 2.24) is 25.1 Å². The van der Waals surface area contributed by atoms with Crippen molar-refractivity contribution in [2.45, 2.75) is 33.1 Å². The molecule has 2 aromatic heterocycles. The number of morpholine rings is 2. The molecule has 318 valence electrons. The number of hydrogen-bond acceptors (Lipinski definition) is 10.